The van der Waals surface area contributed by atoms with Gasteiger partial charge in [-0.3, -0.25) is 4.98 Å². The van der Waals surface area contributed by atoms with Crippen molar-refractivity contribution in [3.8, 4) is 0 Å². The Kier molecular flexibility index (Phi) is 4.57. The number of hydrogen-bond donors (Lipinski definition) is 0. The monoisotopic (exact) mass is 255 g/mol. The fraction of sp³-hybridized carbons (Fsp3) is 0.667. The highest BCUT2D eigenvalue weighted by molar-refractivity contribution is 6.16. The average Bonchev–Trinajstić information content (AvgIpc) is 3.18. The van der Waals surface area contributed by atoms with Crippen LogP contribution >= 0.6 is 11.6 Å². The van der Waals surface area contributed by atoms with Gasteiger partial charge in [-0.2, -0.15) is 0 Å². The van der Waals surface area contributed by atoms with E-state index in [-0.39, 0.29) is 0 Å². The second kappa shape index (κ2) is 6.17. The number of halogens is 1. The van der Waals surface area contributed by atoms with Crippen LogP contribution in [0.3, 0.4) is 0 Å². The lowest BCUT2D eigenvalue weighted by Crippen LogP contribution is -2.24. The second-order valence-electron chi connectivity index (χ2n) is 4.44. The SMILES string of the molecule is CN(CCOCC1CC1)c1cnc(CCl)cn1. The molecule has 1 aromatic heterocycles. The van der Waals surface area contributed by atoms with Crippen LogP contribution in [0, 0.1) is 5.92 Å². The first-order valence-corrected chi connectivity index (χ1v) is 6.49. The fourth-order valence-corrected chi connectivity index (χ4v) is 1.60. The summed E-state index contributed by atoms with van der Waals surface area (Å²) in [6.45, 7) is 2.48. The lowest BCUT2D eigenvalue weighted by Gasteiger charge is -2.17. The van der Waals surface area contributed by atoms with Crippen LogP contribution in [0.15, 0.2) is 12.4 Å². The summed E-state index contributed by atoms with van der Waals surface area (Å²) in [4.78, 5) is 10.5. The van der Waals surface area contributed by atoms with Crippen molar-refractivity contribution in [1.29, 1.82) is 0 Å². The highest BCUT2D eigenvalue weighted by Gasteiger charge is 2.20. The fourth-order valence-electron chi connectivity index (χ4n) is 1.46. The highest BCUT2D eigenvalue weighted by Crippen LogP contribution is 2.28. The number of nitrogens with zero attached hydrogens (tertiary/aromatic N) is 3. The lowest BCUT2D eigenvalue weighted by atomic mass is 10.4. The van der Waals surface area contributed by atoms with Crippen LogP contribution in [0.2, 0.25) is 0 Å². The Morgan fingerprint density at radius 3 is 2.82 bits per heavy atom. The molecule has 0 radical (unpaired) electrons. The van der Waals surface area contributed by atoms with E-state index in [1.165, 1.54) is 12.8 Å². The molecule has 1 heterocycles. The van der Waals surface area contributed by atoms with Gasteiger partial charge in [0.05, 0.1) is 30.6 Å². The average molecular weight is 256 g/mol. The van der Waals surface area contributed by atoms with E-state index in [2.05, 4.69) is 9.97 Å². The molecule has 0 bridgehead atoms. The van der Waals surface area contributed by atoms with Gasteiger partial charge >= 0.3 is 0 Å². The second-order valence-corrected chi connectivity index (χ2v) is 4.71. The van der Waals surface area contributed by atoms with E-state index in [0.29, 0.717) is 5.88 Å². The normalized spacial score (nSPS) is 14.9. The van der Waals surface area contributed by atoms with Crippen LogP contribution in [0.1, 0.15) is 18.5 Å². The maximum atomic E-state index is 5.66. The summed E-state index contributed by atoms with van der Waals surface area (Å²) in [7, 11) is 1.99. The minimum atomic E-state index is 0.404. The quantitative estimate of drug-likeness (QED) is 0.552. The van der Waals surface area contributed by atoms with Crippen molar-refractivity contribution < 1.29 is 4.74 Å². The third-order valence-corrected chi connectivity index (χ3v) is 3.12. The van der Waals surface area contributed by atoms with E-state index in [1.807, 2.05) is 11.9 Å². The minimum Gasteiger partial charge on any atom is -0.379 e. The standard InChI is InChI=1S/C12H18ClN3O/c1-16(4-5-17-9-10-2-3-10)12-8-14-11(6-13)7-15-12/h7-8,10H,2-6,9H2,1H3. The number of ether oxygens (including phenoxy) is 1. The van der Waals surface area contributed by atoms with Crippen molar-refractivity contribution >= 4 is 17.4 Å². The van der Waals surface area contributed by atoms with Crippen LogP contribution in [-0.2, 0) is 10.6 Å². The molecule has 0 N–H and O–H groups in total. The van der Waals surface area contributed by atoms with E-state index in [1.54, 1.807) is 12.4 Å². The van der Waals surface area contributed by atoms with Crippen molar-refractivity contribution in [2.75, 3.05) is 31.7 Å². The van der Waals surface area contributed by atoms with Crippen LogP contribution in [0.4, 0.5) is 5.82 Å². The number of hydrogen-bond acceptors (Lipinski definition) is 4. The van der Waals surface area contributed by atoms with Crippen LogP contribution in [0.5, 0.6) is 0 Å². The van der Waals surface area contributed by atoms with E-state index < -0.39 is 0 Å². The van der Waals surface area contributed by atoms with Gasteiger partial charge in [0.15, 0.2) is 0 Å². The molecule has 1 aromatic rings. The molecule has 4 nitrogen and oxygen atoms in total. The molecule has 0 aromatic carbocycles. The topological polar surface area (TPSA) is 38.2 Å². The van der Waals surface area contributed by atoms with Gasteiger partial charge in [0.2, 0.25) is 0 Å². The maximum Gasteiger partial charge on any atom is 0.146 e. The summed E-state index contributed by atoms with van der Waals surface area (Å²) in [6, 6.07) is 0. The molecule has 2 rings (SSSR count). The van der Waals surface area contributed by atoms with Gasteiger partial charge < -0.3 is 9.64 Å². The van der Waals surface area contributed by atoms with Crippen molar-refractivity contribution in [2.45, 2.75) is 18.7 Å². The predicted octanol–water partition coefficient (Wildman–Crippen LogP) is 2.08. The summed E-state index contributed by atoms with van der Waals surface area (Å²) < 4.78 is 5.58. The summed E-state index contributed by atoms with van der Waals surface area (Å²) in [5.41, 5.74) is 0.800. The molecule has 1 saturated carbocycles. The molecule has 1 fully saturated rings. The summed E-state index contributed by atoms with van der Waals surface area (Å²) in [5.74, 6) is 2.08. The first-order chi connectivity index (χ1) is 8.29. The highest BCUT2D eigenvalue weighted by atomic mass is 35.5. The molecular formula is C12H18ClN3O. The van der Waals surface area contributed by atoms with E-state index >= 15 is 0 Å². The Labute approximate surface area is 107 Å². The molecule has 0 spiro atoms. The number of aromatic nitrogens is 2. The smallest absolute Gasteiger partial charge is 0.146 e. The van der Waals surface area contributed by atoms with Crippen molar-refractivity contribution in [3.05, 3.63) is 18.1 Å². The molecule has 1 aliphatic carbocycles. The molecule has 0 unspecified atom stereocenters. The van der Waals surface area contributed by atoms with Gasteiger partial charge in [-0.15, -0.1) is 11.6 Å². The van der Waals surface area contributed by atoms with E-state index in [9.17, 15) is 0 Å². The molecule has 0 saturated heterocycles. The Balaban J connectivity index is 1.71. The Hall–Kier alpha value is -0.870. The zero-order valence-corrected chi connectivity index (χ0v) is 10.9. The summed E-state index contributed by atoms with van der Waals surface area (Å²) in [5, 5.41) is 0. The summed E-state index contributed by atoms with van der Waals surface area (Å²) in [6.07, 6.45) is 6.13. The lowest BCUT2D eigenvalue weighted by molar-refractivity contribution is 0.131. The first kappa shape index (κ1) is 12.6. The molecule has 5 heteroatoms. The molecule has 1 aliphatic rings. The molecule has 0 aliphatic heterocycles. The van der Waals surface area contributed by atoms with Gasteiger partial charge in [-0.05, 0) is 18.8 Å². The number of rotatable bonds is 7. The van der Waals surface area contributed by atoms with Gasteiger partial charge in [0.25, 0.3) is 0 Å². The summed E-state index contributed by atoms with van der Waals surface area (Å²) >= 11 is 5.66. The van der Waals surface area contributed by atoms with E-state index in [4.69, 9.17) is 16.3 Å². The Bertz CT molecular complexity index is 340. The van der Waals surface area contributed by atoms with Gasteiger partial charge in [-0.1, -0.05) is 0 Å². The Morgan fingerprint density at radius 1 is 1.41 bits per heavy atom. The number of likely N-dealkylation sites (N-methyl/N-ethyl adjacent to an activating group) is 1. The van der Waals surface area contributed by atoms with Crippen molar-refractivity contribution in [1.82, 2.24) is 9.97 Å². The van der Waals surface area contributed by atoms with E-state index in [0.717, 1.165) is 37.2 Å². The molecule has 0 amide bonds. The first-order valence-electron chi connectivity index (χ1n) is 5.95. The third kappa shape index (κ3) is 4.13. The molecule has 0 atom stereocenters. The predicted molar refractivity (Wildman–Crippen MR) is 68.4 cm³/mol. The van der Waals surface area contributed by atoms with Crippen molar-refractivity contribution in [3.63, 3.8) is 0 Å². The van der Waals surface area contributed by atoms with Crippen molar-refractivity contribution in [2.24, 2.45) is 5.92 Å². The van der Waals surface area contributed by atoms with Gasteiger partial charge in [0, 0.05) is 20.2 Å². The van der Waals surface area contributed by atoms with Gasteiger partial charge in [0.1, 0.15) is 5.82 Å². The number of alkyl halides is 1. The molecule has 94 valence electrons. The Morgan fingerprint density at radius 2 is 2.24 bits per heavy atom. The maximum absolute atomic E-state index is 5.66. The van der Waals surface area contributed by atoms with Crippen LogP contribution in [-0.4, -0.2) is 36.8 Å². The zero-order chi connectivity index (χ0) is 12.1. The van der Waals surface area contributed by atoms with Crippen LogP contribution < -0.4 is 4.90 Å². The largest absolute Gasteiger partial charge is 0.379 e. The zero-order valence-electron chi connectivity index (χ0n) is 10.1. The van der Waals surface area contributed by atoms with Gasteiger partial charge in [-0.25, -0.2) is 4.98 Å². The third-order valence-electron chi connectivity index (χ3n) is 2.84. The minimum absolute atomic E-state index is 0.404. The van der Waals surface area contributed by atoms with Crippen LogP contribution in [0.25, 0.3) is 0 Å². The molecule has 17 heavy (non-hydrogen) atoms. The number of anilines is 1. The molecular weight excluding hydrogens is 238 g/mol.